The number of nitrogens with one attached hydrogen (secondary N) is 1. The fraction of sp³-hybridized carbons (Fsp3) is 0.350. The zero-order valence-corrected chi connectivity index (χ0v) is 18.7. The maximum absolute atomic E-state index is 13.0. The van der Waals surface area contributed by atoms with Crippen molar-refractivity contribution in [3.05, 3.63) is 62.6 Å². The van der Waals surface area contributed by atoms with E-state index in [9.17, 15) is 13.2 Å². The largest absolute Gasteiger partial charge is 0.348 e. The minimum absolute atomic E-state index is 0.0680. The molecule has 9 heteroatoms. The zero-order valence-electron chi connectivity index (χ0n) is 15.6. The Morgan fingerprint density at radius 2 is 1.62 bits per heavy atom. The molecule has 3 rings (SSSR count). The maximum atomic E-state index is 13.0. The van der Waals surface area contributed by atoms with Gasteiger partial charge >= 0.3 is 0 Å². The second-order valence-electron chi connectivity index (χ2n) is 6.88. The average Bonchev–Trinajstić information content (AvgIpc) is 2.97. The summed E-state index contributed by atoms with van der Waals surface area (Å²) in [6.45, 7) is 1.14. The van der Waals surface area contributed by atoms with Crippen molar-refractivity contribution in [2.75, 3.05) is 13.1 Å². The Balaban J connectivity index is 1.79. The molecule has 0 aromatic heterocycles. The van der Waals surface area contributed by atoms with Crippen LogP contribution in [0.15, 0.2) is 41.3 Å². The number of carbonyl (C=O) groups excluding carboxylic acids is 1. The van der Waals surface area contributed by atoms with Crippen molar-refractivity contribution < 1.29 is 13.2 Å². The first-order chi connectivity index (χ1) is 13.8. The smallest absolute Gasteiger partial charge is 0.253 e. The minimum atomic E-state index is -3.68. The number of benzene rings is 2. The molecule has 2 aromatic rings. The van der Waals surface area contributed by atoms with Crippen LogP contribution in [0.5, 0.6) is 0 Å². The van der Waals surface area contributed by atoms with Gasteiger partial charge in [0.25, 0.3) is 5.91 Å². The highest BCUT2D eigenvalue weighted by Crippen LogP contribution is 2.25. The molecule has 1 amide bonds. The van der Waals surface area contributed by atoms with Gasteiger partial charge in [-0.2, -0.15) is 4.31 Å². The Bertz CT molecular complexity index is 1000. The first kappa shape index (κ1) is 22.4. The second-order valence-corrected chi connectivity index (χ2v) is 10.1. The van der Waals surface area contributed by atoms with E-state index in [4.69, 9.17) is 34.8 Å². The Hall–Kier alpha value is -1.31. The quantitative estimate of drug-likeness (QED) is 0.651. The molecule has 0 bridgehead atoms. The van der Waals surface area contributed by atoms with Crippen LogP contribution < -0.4 is 5.32 Å². The molecular weight excluding hydrogens is 455 g/mol. The second kappa shape index (κ2) is 9.67. The van der Waals surface area contributed by atoms with Crippen molar-refractivity contribution in [3.8, 4) is 0 Å². The van der Waals surface area contributed by atoms with E-state index in [1.165, 1.54) is 22.5 Å². The van der Waals surface area contributed by atoms with E-state index < -0.39 is 15.9 Å². The molecule has 156 valence electrons. The molecule has 29 heavy (non-hydrogen) atoms. The lowest BCUT2D eigenvalue weighted by Gasteiger charge is -2.20. The van der Waals surface area contributed by atoms with Crippen LogP contribution >= 0.6 is 34.8 Å². The van der Waals surface area contributed by atoms with Crippen molar-refractivity contribution in [1.29, 1.82) is 0 Å². The molecule has 0 aliphatic carbocycles. The van der Waals surface area contributed by atoms with Gasteiger partial charge in [0.2, 0.25) is 10.0 Å². The van der Waals surface area contributed by atoms with Gasteiger partial charge in [-0.1, -0.05) is 53.7 Å². The third-order valence-electron chi connectivity index (χ3n) is 4.84. The lowest BCUT2D eigenvalue weighted by molar-refractivity contribution is 0.0951. The van der Waals surface area contributed by atoms with Crippen LogP contribution in [0, 0.1) is 0 Å². The van der Waals surface area contributed by atoms with Crippen molar-refractivity contribution in [2.45, 2.75) is 37.1 Å². The fourth-order valence-corrected chi connectivity index (χ4v) is 5.43. The molecule has 2 aromatic carbocycles. The first-order valence-corrected chi connectivity index (χ1v) is 11.9. The third kappa shape index (κ3) is 5.44. The van der Waals surface area contributed by atoms with E-state index in [1.807, 2.05) is 0 Å². The van der Waals surface area contributed by atoms with Crippen LogP contribution in [0.3, 0.4) is 0 Å². The van der Waals surface area contributed by atoms with E-state index >= 15 is 0 Å². The molecule has 1 heterocycles. The summed E-state index contributed by atoms with van der Waals surface area (Å²) in [5, 5.41) is 3.84. The van der Waals surface area contributed by atoms with Crippen LogP contribution in [0.1, 0.15) is 41.6 Å². The van der Waals surface area contributed by atoms with Gasteiger partial charge in [0.15, 0.2) is 0 Å². The highest BCUT2D eigenvalue weighted by molar-refractivity contribution is 7.89. The third-order valence-corrected chi connectivity index (χ3v) is 7.65. The summed E-state index contributed by atoms with van der Waals surface area (Å²) < 4.78 is 27.5. The van der Waals surface area contributed by atoms with Gasteiger partial charge in [0.1, 0.15) is 0 Å². The molecule has 1 N–H and O–H groups in total. The molecule has 5 nitrogen and oxygen atoms in total. The van der Waals surface area contributed by atoms with Gasteiger partial charge in [-0.05, 0) is 48.7 Å². The maximum Gasteiger partial charge on any atom is 0.253 e. The molecule has 0 radical (unpaired) electrons. The lowest BCUT2D eigenvalue weighted by atomic mass is 10.2. The lowest BCUT2D eigenvalue weighted by Crippen LogP contribution is -2.32. The zero-order chi connectivity index (χ0) is 21.0. The van der Waals surface area contributed by atoms with E-state index in [-0.39, 0.29) is 22.0 Å². The van der Waals surface area contributed by atoms with E-state index in [0.29, 0.717) is 28.7 Å². The molecule has 1 saturated heterocycles. The number of hydrogen-bond acceptors (Lipinski definition) is 3. The summed E-state index contributed by atoms with van der Waals surface area (Å²) >= 11 is 18.2. The normalized spacial score (nSPS) is 15.7. The summed E-state index contributed by atoms with van der Waals surface area (Å²) in [6, 6.07) is 9.20. The van der Waals surface area contributed by atoms with Gasteiger partial charge in [0, 0.05) is 29.7 Å². The number of carbonyl (C=O) groups is 1. The van der Waals surface area contributed by atoms with Crippen molar-refractivity contribution in [3.63, 3.8) is 0 Å². The Kier molecular flexibility index (Phi) is 7.46. The van der Waals surface area contributed by atoms with Crippen LogP contribution in [0.2, 0.25) is 15.1 Å². The average molecular weight is 476 g/mol. The van der Waals surface area contributed by atoms with Crippen molar-refractivity contribution in [2.24, 2.45) is 0 Å². The molecule has 1 aliphatic heterocycles. The van der Waals surface area contributed by atoms with Gasteiger partial charge in [-0.3, -0.25) is 4.79 Å². The van der Waals surface area contributed by atoms with E-state index in [1.54, 1.807) is 18.2 Å². The number of nitrogens with zero attached hydrogens (tertiary/aromatic N) is 1. The summed E-state index contributed by atoms with van der Waals surface area (Å²) in [4.78, 5) is 12.7. The number of rotatable bonds is 5. The summed E-state index contributed by atoms with van der Waals surface area (Å²) in [6.07, 6.45) is 3.71. The number of halogens is 3. The molecule has 0 unspecified atom stereocenters. The number of sulfonamides is 1. The van der Waals surface area contributed by atoms with Crippen LogP contribution in [-0.4, -0.2) is 31.7 Å². The summed E-state index contributed by atoms with van der Waals surface area (Å²) in [5.74, 6) is -0.478. The van der Waals surface area contributed by atoms with E-state index in [0.717, 1.165) is 25.7 Å². The monoisotopic (exact) mass is 474 g/mol. The minimum Gasteiger partial charge on any atom is -0.348 e. The van der Waals surface area contributed by atoms with Gasteiger partial charge in [-0.25, -0.2) is 8.42 Å². The molecule has 0 spiro atoms. The van der Waals surface area contributed by atoms with Gasteiger partial charge in [0.05, 0.1) is 15.5 Å². The molecular formula is C20H21Cl3N2O3S. The predicted octanol–water partition coefficient (Wildman–Crippen LogP) is 5.14. The highest BCUT2D eigenvalue weighted by Gasteiger charge is 2.26. The van der Waals surface area contributed by atoms with Crippen LogP contribution in [0.4, 0.5) is 0 Å². The van der Waals surface area contributed by atoms with Crippen molar-refractivity contribution in [1.82, 2.24) is 9.62 Å². The van der Waals surface area contributed by atoms with Crippen LogP contribution in [0.25, 0.3) is 0 Å². The SMILES string of the molecule is O=C(NCc1ccc(Cl)cc1Cl)c1cc(S(=O)(=O)N2CCCCCC2)ccc1Cl. The molecule has 1 fully saturated rings. The highest BCUT2D eigenvalue weighted by atomic mass is 35.5. The summed E-state index contributed by atoms with van der Waals surface area (Å²) in [5.41, 5.74) is 0.793. The number of amides is 1. The van der Waals surface area contributed by atoms with Gasteiger partial charge < -0.3 is 5.32 Å². The molecule has 1 aliphatic rings. The van der Waals surface area contributed by atoms with Gasteiger partial charge in [-0.15, -0.1) is 0 Å². The molecule has 0 atom stereocenters. The summed E-state index contributed by atoms with van der Waals surface area (Å²) in [7, 11) is -3.68. The Morgan fingerprint density at radius 3 is 2.28 bits per heavy atom. The topological polar surface area (TPSA) is 66.5 Å². The first-order valence-electron chi connectivity index (χ1n) is 9.31. The Labute approximate surface area is 186 Å². The number of hydrogen-bond donors (Lipinski definition) is 1. The van der Waals surface area contributed by atoms with Crippen molar-refractivity contribution >= 4 is 50.7 Å². The standard InChI is InChI=1S/C20H21Cl3N2O3S/c21-15-6-5-14(19(23)11-15)13-24-20(26)17-12-16(7-8-18(17)22)29(27,28)25-9-3-1-2-4-10-25/h5-8,11-12H,1-4,9-10,13H2,(H,24,26). The fourth-order valence-electron chi connectivity index (χ4n) is 3.21. The Morgan fingerprint density at radius 1 is 0.931 bits per heavy atom. The van der Waals surface area contributed by atoms with E-state index in [2.05, 4.69) is 5.32 Å². The van der Waals surface area contributed by atoms with Crippen LogP contribution in [-0.2, 0) is 16.6 Å². The molecule has 0 saturated carbocycles. The predicted molar refractivity (Wildman–Crippen MR) is 116 cm³/mol.